The number of hydrogen-bond donors (Lipinski definition) is 3. The largest absolute Gasteiger partial charge is 0.480 e. The molecule has 0 saturated carbocycles. The fourth-order valence-electron chi connectivity index (χ4n) is 2.44. The van der Waals surface area contributed by atoms with E-state index in [-0.39, 0.29) is 18.0 Å². The van der Waals surface area contributed by atoms with E-state index in [1.807, 2.05) is 0 Å². The van der Waals surface area contributed by atoms with Crippen molar-refractivity contribution < 1.29 is 14.7 Å². The summed E-state index contributed by atoms with van der Waals surface area (Å²) in [6.45, 7) is 1.42. The Kier molecular flexibility index (Phi) is 3.33. The first-order valence-electron chi connectivity index (χ1n) is 5.72. The van der Waals surface area contributed by atoms with Crippen molar-refractivity contribution in [3.63, 3.8) is 0 Å². The summed E-state index contributed by atoms with van der Waals surface area (Å²) in [6.07, 6.45) is 3.38. The summed E-state index contributed by atoms with van der Waals surface area (Å²) in [4.78, 5) is 31.2. The van der Waals surface area contributed by atoms with Crippen molar-refractivity contribution in [2.24, 2.45) is 0 Å². The molecule has 18 heavy (non-hydrogen) atoms. The molecule has 1 aliphatic rings. The van der Waals surface area contributed by atoms with E-state index in [2.05, 4.69) is 15.3 Å². The van der Waals surface area contributed by atoms with Gasteiger partial charge in [0.2, 0.25) is 5.91 Å². The molecule has 1 aromatic rings. The van der Waals surface area contributed by atoms with Gasteiger partial charge in [0.1, 0.15) is 11.9 Å². The lowest BCUT2D eigenvalue weighted by atomic mass is 10.0. The summed E-state index contributed by atoms with van der Waals surface area (Å²) in [6, 6.07) is -0.614. The number of imidazole rings is 1. The molecule has 98 valence electrons. The van der Waals surface area contributed by atoms with Crippen molar-refractivity contribution in [1.29, 1.82) is 0 Å². The van der Waals surface area contributed by atoms with E-state index in [9.17, 15) is 9.59 Å². The molecule has 2 heterocycles. The van der Waals surface area contributed by atoms with Crippen LogP contribution in [0.5, 0.6) is 0 Å². The second kappa shape index (κ2) is 4.77. The van der Waals surface area contributed by atoms with Gasteiger partial charge in [-0.05, 0) is 13.5 Å². The number of amides is 1. The van der Waals surface area contributed by atoms with E-state index in [1.54, 1.807) is 24.3 Å². The number of likely N-dealkylation sites (N-methyl/N-ethyl adjacent to an activating group) is 1. The molecule has 3 N–H and O–H groups in total. The highest BCUT2D eigenvalue weighted by atomic mass is 16.4. The van der Waals surface area contributed by atoms with Crippen LogP contribution in [0.3, 0.4) is 0 Å². The van der Waals surface area contributed by atoms with Gasteiger partial charge in [0, 0.05) is 19.3 Å². The number of aromatic nitrogens is 2. The van der Waals surface area contributed by atoms with Crippen LogP contribution in [0.25, 0.3) is 0 Å². The van der Waals surface area contributed by atoms with Crippen LogP contribution >= 0.6 is 0 Å². The Morgan fingerprint density at radius 1 is 1.61 bits per heavy atom. The Balaban J connectivity index is 2.26. The van der Waals surface area contributed by atoms with E-state index >= 15 is 0 Å². The Labute approximate surface area is 104 Å². The molecule has 1 aromatic heterocycles. The summed E-state index contributed by atoms with van der Waals surface area (Å²) in [5.41, 5.74) is 0. The number of aromatic amines is 1. The number of carbonyl (C=O) groups is 2. The molecular formula is C11H16N4O3. The van der Waals surface area contributed by atoms with Crippen LogP contribution in [-0.2, 0) is 9.59 Å². The first-order valence-corrected chi connectivity index (χ1v) is 5.72. The minimum atomic E-state index is -0.887. The first kappa shape index (κ1) is 12.6. The van der Waals surface area contributed by atoms with Crippen LogP contribution in [0.4, 0.5) is 0 Å². The standard InChI is InChI=1S/C11H16N4O3/c1-6(16)14-10-7(9-12-3-4-13-9)5-8(11(17)18)15(10)2/h3-4,7-8,10H,5H2,1-2H3,(H,12,13)(H,14,16)(H,17,18)/t7-,8+,10+/m0/s1. The van der Waals surface area contributed by atoms with Gasteiger partial charge in [-0.25, -0.2) is 4.98 Å². The highest BCUT2D eigenvalue weighted by Crippen LogP contribution is 2.33. The molecule has 1 aliphatic heterocycles. The van der Waals surface area contributed by atoms with Gasteiger partial charge in [0.15, 0.2) is 0 Å². The number of aliphatic carboxylic acids is 1. The van der Waals surface area contributed by atoms with Gasteiger partial charge in [-0.3, -0.25) is 14.5 Å². The van der Waals surface area contributed by atoms with E-state index in [0.717, 1.165) is 0 Å². The second-order valence-corrected chi connectivity index (χ2v) is 4.48. The summed E-state index contributed by atoms with van der Waals surface area (Å²) < 4.78 is 0. The molecule has 1 saturated heterocycles. The molecule has 2 rings (SSSR count). The molecule has 7 heteroatoms. The van der Waals surface area contributed by atoms with Gasteiger partial charge in [0.05, 0.1) is 12.1 Å². The summed E-state index contributed by atoms with van der Waals surface area (Å²) in [5, 5.41) is 11.9. The lowest BCUT2D eigenvalue weighted by Crippen LogP contribution is -2.48. The van der Waals surface area contributed by atoms with Crippen LogP contribution in [0, 0.1) is 0 Å². The number of carboxylic acid groups (broad SMARTS) is 1. The average Bonchev–Trinajstić information content (AvgIpc) is 2.87. The quantitative estimate of drug-likeness (QED) is 0.688. The molecule has 3 atom stereocenters. The third-order valence-corrected chi connectivity index (χ3v) is 3.30. The van der Waals surface area contributed by atoms with Crippen molar-refractivity contribution >= 4 is 11.9 Å². The number of rotatable bonds is 3. The third kappa shape index (κ3) is 2.21. The van der Waals surface area contributed by atoms with Crippen molar-refractivity contribution in [3.8, 4) is 0 Å². The Bertz CT molecular complexity index is 445. The number of nitrogens with one attached hydrogen (secondary N) is 2. The van der Waals surface area contributed by atoms with Crippen LogP contribution in [-0.4, -0.2) is 51.1 Å². The van der Waals surface area contributed by atoms with Crippen LogP contribution in [0.15, 0.2) is 12.4 Å². The van der Waals surface area contributed by atoms with Gasteiger partial charge in [-0.1, -0.05) is 0 Å². The minimum Gasteiger partial charge on any atom is -0.480 e. The Hall–Kier alpha value is -1.89. The SMILES string of the molecule is CC(=O)N[C@H]1[C@H](c2ncc[nH]2)C[C@H](C(=O)O)N1C. The zero-order valence-electron chi connectivity index (χ0n) is 10.3. The zero-order valence-corrected chi connectivity index (χ0v) is 10.3. The molecule has 0 radical (unpaired) electrons. The number of carbonyl (C=O) groups excluding carboxylic acids is 1. The maximum Gasteiger partial charge on any atom is 0.320 e. The van der Waals surface area contributed by atoms with Gasteiger partial charge in [-0.2, -0.15) is 0 Å². The van der Waals surface area contributed by atoms with Crippen LogP contribution in [0.2, 0.25) is 0 Å². The fourth-order valence-corrected chi connectivity index (χ4v) is 2.44. The molecule has 0 aliphatic carbocycles. The van der Waals surface area contributed by atoms with Crippen molar-refractivity contribution in [2.75, 3.05) is 7.05 Å². The minimum absolute atomic E-state index is 0.144. The van der Waals surface area contributed by atoms with Crippen molar-refractivity contribution in [1.82, 2.24) is 20.2 Å². The number of H-pyrrole nitrogens is 1. The van der Waals surface area contributed by atoms with E-state index < -0.39 is 12.0 Å². The van der Waals surface area contributed by atoms with E-state index in [1.165, 1.54) is 6.92 Å². The maximum absolute atomic E-state index is 11.2. The molecule has 1 fully saturated rings. The normalized spacial score (nSPS) is 28.2. The van der Waals surface area contributed by atoms with Gasteiger partial charge in [0.25, 0.3) is 0 Å². The predicted molar refractivity (Wildman–Crippen MR) is 62.7 cm³/mol. The number of likely N-dealkylation sites (tertiary alicyclic amines) is 1. The second-order valence-electron chi connectivity index (χ2n) is 4.48. The van der Waals surface area contributed by atoms with Crippen LogP contribution in [0.1, 0.15) is 25.1 Å². The third-order valence-electron chi connectivity index (χ3n) is 3.30. The average molecular weight is 252 g/mol. The van der Waals surface area contributed by atoms with E-state index in [4.69, 9.17) is 5.11 Å². The molecule has 0 aromatic carbocycles. The smallest absolute Gasteiger partial charge is 0.320 e. The van der Waals surface area contributed by atoms with Crippen molar-refractivity contribution in [3.05, 3.63) is 18.2 Å². The summed E-state index contributed by atoms with van der Waals surface area (Å²) in [7, 11) is 1.70. The molecule has 1 amide bonds. The zero-order chi connectivity index (χ0) is 13.3. The Morgan fingerprint density at radius 3 is 2.83 bits per heavy atom. The van der Waals surface area contributed by atoms with Crippen LogP contribution < -0.4 is 5.32 Å². The Morgan fingerprint density at radius 2 is 2.33 bits per heavy atom. The predicted octanol–water partition coefficient (Wildman–Crippen LogP) is -0.256. The number of nitrogens with zero attached hydrogens (tertiary/aromatic N) is 2. The maximum atomic E-state index is 11.2. The molecular weight excluding hydrogens is 236 g/mol. The van der Waals surface area contributed by atoms with E-state index in [0.29, 0.717) is 12.2 Å². The molecule has 0 unspecified atom stereocenters. The lowest BCUT2D eigenvalue weighted by Gasteiger charge is -2.26. The molecule has 0 spiro atoms. The molecule has 0 bridgehead atoms. The first-order chi connectivity index (χ1) is 8.50. The summed E-state index contributed by atoms with van der Waals surface area (Å²) >= 11 is 0. The summed E-state index contributed by atoms with van der Waals surface area (Å²) in [5.74, 6) is -0.518. The van der Waals surface area contributed by atoms with Gasteiger partial charge >= 0.3 is 5.97 Å². The number of hydrogen-bond acceptors (Lipinski definition) is 4. The van der Waals surface area contributed by atoms with Crippen molar-refractivity contribution in [2.45, 2.75) is 31.5 Å². The fraction of sp³-hybridized carbons (Fsp3) is 0.545. The van der Waals surface area contributed by atoms with Gasteiger partial charge in [-0.15, -0.1) is 0 Å². The highest BCUT2D eigenvalue weighted by Gasteiger charge is 2.44. The monoisotopic (exact) mass is 252 g/mol. The molecule has 7 nitrogen and oxygen atoms in total. The topological polar surface area (TPSA) is 98.3 Å². The van der Waals surface area contributed by atoms with Gasteiger partial charge < -0.3 is 15.4 Å². The lowest BCUT2D eigenvalue weighted by molar-refractivity contribution is -0.142. The highest BCUT2D eigenvalue weighted by molar-refractivity contribution is 5.76. The number of carboxylic acids is 1.